The Bertz CT molecular complexity index is 1070. The van der Waals surface area contributed by atoms with Gasteiger partial charge in [0.1, 0.15) is 11.9 Å². The third-order valence-corrected chi connectivity index (χ3v) is 6.84. The fraction of sp³-hybridized carbons (Fsp3) is 0.407. The van der Waals surface area contributed by atoms with E-state index in [9.17, 15) is 9.59 Å². The number of halogens is 1. The van der Waals surface area contributed by atoms with Crippen molar-refractivity contribution in [3.05, 3.63) is 76.0 Å². The number of allylic oxidation sites excluding steroid dienone is 1. The van der Waals surface area contributed by atoms with Crippen LogP contribution in [0.25, 0.3) is 0 Å². The third kappa shape index (κ3) is 5.13. The second kappa shape index (κ2) is 10.6. The number of nitrogens with zero attached hydrogens (tertiary/aromatic N) is 1. The highest BCUT2D eigenvalue weighted by Crippen LogP contribution is 2.39. The summed E-state index contributed by atoms with van der Waals surface area (Å²) in [5.41, 5.74) is 2.74. The van der Waals surface area contributed by atoms with Gasteiger partial charge in [0.25, 0.3) is 0 Å². The summed E-state index contributed by atoms with van der Waals surface area (Å²) in [7, 11) is 1.59. The number of carbonyl (C=O) groups excluding carboxylic acids is 2. The van der Waals surface area contributed by atoms with Crippen molar-refractivity contribution in [2.24, 2.45) is 0 Å². The smallest absolute Gasteiger partial charge is 0.337 e. The van der Waals surface area contributed by atoms with Gasteiger partial charge in [0, 0.05) is 35.2 Å². The molecular formula is C27H30ClNO5. The molecule has 1 fully saturated rings. The number of rotatable bonds is 7. The topological polar surface area (TPSA) is 65.1 Å². The molecule has 6 nitrogen and oxygen atoms in total. The lowest BCUT2D eigenvalue weighted by atomic mass is 9.83. The first-order valence-electron chi connectivity index (χ1n) is 11.6. The first-order valence-corrected chi connectivity index (χ1v) is 12.0. The number of methoxy groups -OCH3 is 1. The number of carbonyl (C=O) groups is 2. The predicted molar refractivity (Wildman–Crippen MR) is 130 cm³/mol. The Morgan fingerprint density at radius 2 is 1.94 bits per heavy atom. The van der Waals surface area contributed by atoms with Crippen molar-refractivity contribution < 1.29 is 23.8 Å². The van der Waals surface area contributed by atoms with Gasteiger partial charge in [0.2, 0.25) is 5.91 Å². The van der Waals surface area contributed by atoms with Gasteiger partial charge in [-0.05, 0) is 50.5 Å². The van der Waals surface area contributed by atoms with Crippen molar-refractivity contribution in [2.75, 3.05) is 20.3 Å². The lowest BCUT2D eigenvalue weighted by Gasteiger charge is -2.36. The molecule has 2 heterocycles. The molecule has 0 spiro atoms. The standard InChI is InChI=1S/C27H30ClNO5/c1-17-26(27(31)34-18(2)22-8-4-5-9-24(22)32-3)23(19-10-12-20(28)13-11-19)15-25(30)29(17)16-21-7-6-14-33-21/h4-5,8-13,18,21,23H,6-7,14-16H2,1-3H3/t18?,21-,23+/m1/s1. The molecule has 0 radical (unpaired) electrons. The van der Waals surface area contributed by atoms with E-state index in [4.69, 9.17) is 25.8 Å². The predicted octanol–water partition coefficient (Wildman–Crippen LogP) is 5.42. The number of hydrogen-bond donors (Lipinski definition) is 0. The van der Waals surface area contributed by atoms with Crippen LogP contribution in [0.3, 0.4) is 0 Å². The molecule has 2 aliphatic rings. The molecule has 180 valence electrons. The summed E-state index contributed by atoms with van der Waals surface area (Å²) in [6, 6.07) is 14.7. The van der Waals surface area contributed by atoms with Gasteiger partial charge in [-0.2, -0.15) is 0 Å². The zero-order chi connectivity index (χ0) is 24.2. The maximum Gasteiger partial charge on any atom is 0.337 e. The number of hydrogen-bond acceptors (Lipinski definition) is 5. The zero-order valence-electron chi connectivity index (χ0n) is 19.8. The van der Waals surface area contributed by atoms with Crippen molar-refractivity contribution in [2.45, 2.75) is 51.2 Å². The van der Waals surface area contributed by atoms with Gasteiger partial charge in [0.05, 0.1) is 25.3 Å². The van der Waals surface area contributed by atoms with Gasteiger partial charge < -0.3 is 19.1 Å². The van der Waals surface area contributed by atoms with Gasteiger partial charge in [0.15, 0.2) is 0 Å². The van der Waals surface area contributed by atoms with Gasteiger partial charge in [-0.1, -0.05) is 41.9 Å². The summed E-state index contributed by atoms with van der Waals surface area (Å²) in [6.07, 6.45) is 1.52. The number of amides is 1. The van der Waals surface area contributed by atoms with Gasteiger partial charge >= 0.3 is 5.97 Å². The molecule has 7 heteroatoms. The Labute approximate surface area is 205 Å². The lowest BCUT2D eigenvalue weighted by molar-refractivity contribution is -0.145. The van der Waals surface area contributed by atoms with Crippen molar-refractivity contribution in [1.29, 1.82) is 0 Å². The van der Waals surface area contributed by atoms with Crippen LogP contribution >= 0.6 is 11.6 Å². The Hall–Kier alpha value is -2.83. The Balaban J connectivity index is 1.67. The van der Waals surface area contributed by atoms with Gasteiger partial charge in [-0.3, -0.25) is 4.79 Å². The van der Waals surface area contributed by atoms with E-state index in [1.165, 1.54) is 0 Å². The van der Waals surface area contributed by atoms with E-state index in [0.717, 1.165) is 24.0 Å². The van der Waals surface area contributed by atoms with Crippen molar-refractivity contribution in [3.63, 3.8) is 0 Å². The maximum atomic E-state index is 13.6. The minimum Gasteiger partial charge on any atom is -0.496 e. The highest BCUT2D eigenvalue weighted by molar-refractivity contribution is 6.30. The molecule has 1 saturated heterocycles. The molecule has 0 aromatic heterocycles. The van der Waals surface area contributed by atoms with E-state index < -0.39 is 18.0 Å². The van der Waals surface area contributed by atoms with Crippen molar-refractivity contribution in [1.82, 2.24) is 4.90 Å². The number of benzene rings is 2. The summed E-state index contributed by atoms with van der Waals surface area (Å²) in [5, 5.41) is 0.598. The van der Waals surface area contributed by atoms with Crippen LogP contribution in [0.2, 0.25) is 5.02 Å². The van der Waals surface area contributed by atoms with E-state index in [2.05, 4.69) is 0 Å². The second-order valence-electron chi connectivity index (χ2n) is 8.74. The molecule has 0 N–H and O–H groups in total. The Morgan fingerprint density at radius 1 is 1.21 bits per heavy atom. The molecule has 2 aromatic carbocycles. The minimum absolute atomic E-state index is 0.0178. The molecular weight excluding hydrogens is 454 g/mol. The fourth-order valence-corrected chi connectivity index (χ4v) is 4.89. The van der Waals surface area contributed by atoms with Crippen LogP contribution in [0.4, 0.5) is 0 Å². The van der Waals surface area contributed by atoms with E-state index in [1.807, 2.05) is 50.2 Å². The van der Waals surface area contributed by atoms with Crippen LogP contribution in [0.1, 0.15) is 56.3 Å². The highest BCUT2D eigenvalue weighted by Gasteiger charge is 2.38. The zero-order valence-corrected chi connectivity index (χ0v) is 20.5. The quantitative estimate of drug-likeness (QED) is 0.492. The SMILES string of the molecule is COc1ccccc1C(C)OC(=O)C1=C(C)N(C[C@H]2CCCO2)C(=O)C[C@H]1c1ccc(Cl)cc1. The normalized spacial score (nSPS) is 21.5. The van der Waals surface area contributed by atoms with E-state index >= 15 is 0 Å². The summed E-state index contributed by atoms with van der Waals surface area (Å²) >= 11 is 6.09. The Kier molecular flexibility index (Phi) is 7.59. The van der Waals surface area contributed by atoms with E-state index in [0.29, 0.717) is 35.2 Å². The lowest BCUT2D eigenvalue weighted by Crippen LogP contribution is -2.42. The number of para-hydroxylation sites is 1. The second-order valence-corrected chi connectivity index (χ2v) is 9.17. The average molecular weight is 484 g/mol. The fourth-order valence-electron chi connectivity index (χ4n) is 4.76. The molecule has 2 aliphatic heterocycles. The van der Waals surface area contributed by atoms with E-state index in [-0.39, 0.29) is 18.4 Å². The summed E-state index contributed by atoms with van der Waals surface area (Å²) in [4.78, 5) is 28.5. The minimum atomic E-state index is -0.529. The monoisotopic (exact) mass is 483 g/mol. The van der Waals surface area contributed by atoms with Crippen LogP contribution < -0.4 is 4.74 Å². The first-order chi connectivity index (χ1) is 16.4. The first kappa shape index (κ1) is 24.3. The molecule has 4 rings (SSSR count). The number of esters is 1. The maximum absolute atomic E-state index is 13.6. The molecule has 2 aromatic rings. The van der Waals surface area contributed by atoms with Crippen LogP contribution in [0.15, 0.2) is 59.8 Å². The molecule has 1 unspecified atom stereocenters. The van der Waals surface area contributed by atoms with Crippen molar-refractivity contribution >= 4 is 23.5 Å². The molecule has 34 heavy (non-hydrogen) atoms. The van der Waals surface area contributed by atoms with Gasteiger partial charge in [-0.15, -0.1) is 0 Å². The van der Waals surface area contributed by atoms with Gasteiger partial charge in [-0.25, -0.2) is 4.79 Å². The molecule has 3 atom stereocenters. The highest BCUT2D eigenvalue weighted by atomic mass is 35.5. The molecule has 0 bridgehead atoms. The summed E-state index contributed by atoms with van der Waals surface area (Å²) in [5.74, 6) is -0.229. The number of ether oxygens (including phenoxy) is 3. The van der Waals surface area contributed by atoms with Crippen LogP contribution in [-0.2, 0) is 19.1 Å². The average Bonchev–Trinajstić information content (AvgIpc) is 3.35. The largest absolute Gasteiger partial charge is 0.496 e. The van der Waals surface area contributed by atoms with E-state index in [1.54, 1.807) is 24.1 Å². The van der Waals surface area contributed by atoms with Crippen LogP contribution in [0.5, 0.6) is 5.75 Å². The third-order valence-electron chi connectivity index (χ3n) is 6.59. The molecule has 0 saturated carbocycles. The summed E-state index contributed by atoms with van der Waals surface area (Å²) < 4.78 is 17.1. The van der Waals surface area contributed by atoms with Crippen LogP contribution in [-0.4, -0.2) is 43.1 Å². The Morgan fingerprint density at radius 3 is 2.62 bits per heavy atom. The van der Waals surface area contributed by atoms with Crippen LogP contribution in [0, 0.1) is 0 Å². The van der Waals surface area contributed by atoms with Crippen molar-refractivity contribution in [3.8, 4) is 5.75 Å². The summed E-state index contributed by atoms with van der Waals surface area (Å²) in [6.45, 7) is 4.78. The molecule has 0 aliphatic carbocycles. The molecule has 1 amide bonds.